The topological polar surface area (TPSA) is 67.4 Å². The fourth-order valence-corrected chi connectivity index (χ4v) is 4.37. The average molecular weight is 340 g/mol. The fourth-order valence-electron chi connectivity index (χ4n) is 3.00. The molecule has 0 aromatic heterocycles. The first-order chi connectivity index (χ1) is 10.8. The summed E-state index contributed by atoms with van der Waals surface area (Å²) < 4.78 is 33.6. The van der Waals surface area contributed by atoms with Gasteiger partial charge >= 0.3 is 0 Å². The first kappa shape index (κ1) is 18.2. The number of nitrogens with one attached hydrogen (secondary N) is 2. The van der Waals surface area contributed by atoms with Gasteiger partial charge in [0.25, 0.3) is 0 Å². The molecule has 1 heterocycles. The monoisotopic (exact) mass is 340 g/mol. The summed E-state index contributed by atoms with van der Waals surface area (Å²) in [6, 6.07) is 3.56. The summed E-state index contributed by atoms with van der Waals surface area (Å²) in [5.74, 6) is 1.30. The molecule has 1 atom stereocenters. The molecule has 1 fully saturated rings. The van der Waals surface area contributed by atoms with E-state index in [9.17, 15) is 8.42 Å². The van der Waals surface area contributed by atoms with E-state index in [0.29, 0.717) is 22.9 Å². The van der Waals surface area contributed by atoms with Crippen LogP contribution in [0.25, 0.3) is 0 Å². The van der Waals surface area contributed by atoms with Crippen molar-refractivity contribution in [2.24, 2.45) is 5.92 Å². The molecule has 0 saturated carbocycles. The van der Waals surface area contributed by atoms with Crippen LogP contribution in [0, 0.1) is 12.8 Å². The predicted octanol–water partition coefficient (Wildman–Crippen LogP) is 2.40. The number of ether oxygens (including phenoxy) is 1. The zero-order valence-electron chi connectivity index (χ0n) is 14.5. The van der Waals surface area contributed by atoms with Crippen LogP contribution in [0.2, 0.25) is 0 Å². The molecule has 2 N–H and O–H groups in total. The van der Waals surface area contributed by atoms with Crippen LogP contribution in [0.3, 0.4) is 0 Å². The first-order valence-corrected chi connectivity index (χ1v) is 9.72. The van der Waals surface area contributed by atoms with Crippen molar-refractivity contribution in [3.8, 4) is 5.75 Å². The third kappa shape index (κ3) is 4.46. The van der Waals surface area contributed by atoms with E-state index in [1.807, 2.05) is 26.8 Å². The van der Waals surface area contributed by atoms with Gasteiger partial charge in [0.15, 0.2) is 0 Å². The maximum atomic E-state index is 12.7. The van der Waals surface area contributed by atoms with Crippen LogP contribution < -0.4 is 14.8 Å². The van der Waals surface area contributed by atoms with E-state index in [4.69, 9.17) is 4.74 Å². The van der Waals surface area contributed by atoms with Crippen molar-refractivity contribution in [3.05, 3.63) is 23.3 Å². The number of benzene rings is 1. The van der Waals surface area contributed by atoms with Gasteiger partial charge in [-0.15, -0.1) is 0 Å². The van der Waals surface area contributed by atoms with Crippen LogP contribution in [0.4, 0.5) is 0 Å². The Kier molecular flexibility index (Phi) is 6.06. The Hall–Kier alpha value is -1.11. The maximum absolute atomic E-state index is 12.7. The zero-order valence-corrected chi connectivity index (χ0v) is 15.3. The van der Waals surface area contributed by atoms with Crippen LogP contribution in [-0.2, 0) is 10.0 Å². The molecule has 0 radical (unpaired) electrons. The number of aryl methyl sites for hydroxylation is 1. The van der Waals surface area contributed by atoms with Gasteiger partial charge in [-0.3, -0.25) is 0 Å². The van der Waals surface area contributed by atoms with Gasteiger partial charge in [0.2, 0.25) is 10.0 Å². The van der Waals surface area contributed by atoms with Crippen LogP contribution >= 0.6 is 0 Å². The lowest BCUT2D eigenvalue weighted by Gasteiger charge is -2.23. The van der Waals surface area contributed by atoms with Gasteiger partial charge < -0.3 is 10.1 Å². The zero-order chi connectivity index (χ0) is 17.0. The molecule has 130 valence electrons. The van der Waals surface area contributed by atoms with Gasteiger partial charge in [0.1, 0.15) is 5.75 Å². The smallest absolute Gasteiger partial charge is 0.240 e. The molecule has 0 aliphatic carbocycles. The molecule has 0 bridgehead atoms. The van der Waals surface area contributed by atoms with Gasteiger partial charge in [-0.2, -0.15) is 0 Å². The number of sulfonamides is 1. The minimum atomic E-state index is -3.50. The van der Waals surface area contributed by atoms with Crippen molar-refractivity contribution in [1.29, 1.82) is 0 Å². The fraction of sp³-hybridized carbons (Fsp3) is 0.647. The molecule has 1 aliphatic rings. The standard InChI is InChI=1S/C17H28N2O3S/c1-12(2)15-9-17(13(3)8-16(15)22-4)23(20,21)19-11-14-6-5-7-18-10-14/h8-9,12,14,18-19H,5-7,10-11H2,1-4H3. The lowest BCUT2D eigenvalue weighted by molar-refractivity contribution is 0.376. The summed E-state index contributed by atoms with van der Waals surface area (Å²) in [5, 5.41) is 3.31. The Balaban J connectivity index is 2.22. The number of hydrogen-bond acceptors (Lipinski definition) is 4. The summed E-state index contributed by atoms with van der Waals surface area (Å²) in [7, 11) is -1.89. The summed E-state index contributed by atoms with van der Waals surface area (Å²) in [6.45, 7) is 8.26. The van der Waals surface area contributed by atoms with Gasteiger partial charge in [0, 0.05) is 6.54 Å². The second-order valence-corrected chi connectivity index (χ2v) is 8.31. The van der Waals surface area contributed by atoms with Gasteiger partial charge in [-0.25, -0.2) is 13.1 Å². The van der Waals surface area contributed by atoms with E-state index in [1.165, 1.54) is 0 Å². The molecule has 6 heteroatoms. The van der Waals surface area contributed by atoms with Crippen molar-refractivity contribution in [3.63, 3.8) is 0 Å². The molecule has 5 nitrogen and oxygen atoms in total. The van der Waals surface area contributed by atoms with E-state index in [0.717, 1.165) is 37.2 Å². The SMILES string of the molecule is COc1cc(C)c(S(=O)(=O)NCC2CCCNC2)cc1C(C)C. The summed E-state index contributed by atoms with van der Waals surface area (Å²) >= 11 is 0. The van der Waals surface area contributed by atoms with E-state index in [-0.39, 0.29) is 5.92 Å². The highest BCUT2D eigenvalue weighted by atomic mass is 32.2. The number of rotatable bonds is 6. The highest BCUT2D eigenvalue weighted by molar-refractivity contribution is 7.89. The lowest BCUT2D eigenvalue weighted by atomic mass is 10.0. The van der Waals surface area contributed by atoms with E-state index in [1.54, 1.807) is 13.2 Å². The Morgan fingerprint density at radius 1 is 1.39 bits per heavy atom. The molecule has 1 aromatic carbocycles. The summed E-state index contributed by atoms with van der Waals surface area (Å²) in [6.07, 6.45) is 2.17. The highest BCUT2D eigenvalue weighted by Crippen LogP contribution is 2.31. The van der Waals surface area contributed by atoms with E-state index < -0.39 is 10.0 Å². The first-order valence-electron chi connectivity index (χ1n) is 8.24. The Morgan fingerprint density at radius 2 is 2.13 bits per heavy atom. The van der Waals surface area contributed by atoms with Crippen LogP contribution in [-0.4, -0.2) is 35.2 Å². The minimum Gasteiger partial charge on any atom is -0.496 e. The van der Waals surface area contributed by atoms with Gasteiger partial charge in [-0.1, -0.05) is 13.8 Å². The normalized spacial score (nSPS) is 19.1. The van der Waals surface area contributed by atoms with E-state index >= 15 is 0 Å². The van der Waals surface area contributed by atoms with Crippen molar-refractivity contribution in [2.45, 2.75) is 44.4 Å². The molecule has 1 saturated heterocycles. The molecular formula is C17H28N2O3S. The molecule has 23 heavy (non-hydrogen) atoms. The van der Waals surface area contributed by atoms with Crippen molar-refractivity contribution < 1.29 is 13.2 Å². The van der Waals surface area contributed by atoms with Crippen molar-refractivity contribution in [1.82, 2.24) is 10.0 Å². The van der Waals surface area contributed by atoms with Crippen LogP contribution in [0.15, 0.2) is 17.0 Å². The lowest BCUT2D eigenvalue weighted by Crippen LogP contribution is -2.38. The van der Waals surface area contributed by atoms with E-state index in [2.05, 4.69) is 10.0 Å². The maximum Gasteiger partial charge on any atom is 0.240 e. The Morgan fingerprint density at radius 3 is 2.70 bits per heavy atom. The number of hydrogen-bond donors (Lipinski definition) is 2. The number of piperidine rings is 1. The largest absolute Gasteiger partial charge is 0.496 e. The summed E-state index contributed by atoms with van der Waals surface area (Å²) in [4.78, 5) is 0.353. The van der Waals surface area contributed by atoms with Gasteiger partial charge in [0.05, 0.1) is 12.0 Å². The van der Waals surface area contributed by atoms with Crippen molar-refractivity contribution in [2.75, 3.05) is 26.7 Å². The molecular weight excluding hydrogens is 312 g/mol. The van der Waals surface area contributed by atoms with Crippen LogP contribution in [0.1, 0.15) is 43.7 Å². The third-order valence-electron chi connectivity index (χ3n) is 4.40. The Labute approximate surface area is 139 Å². The molecule has 1 aromatic rings. The summed E-state index contributed by atoms with van der Waals surface area (Å²) in [5.41, 5.74) is 1.62. The third-order valence-corrected chi connectivity index (χ3v) is 5.97. The highest BCUT2D eigenvalue weighted by Gasteiger charge is 2.22. The predicted molar refractivity (Wildman–Crippen MR) is 92.6 cm³/mol. The second-order valence-electron chi connectivity index (χ2n) is 6.58. The molecule has 1 unspecified atom stereocenters. The molecule has 0 spiro atoms. The Bertz CT molecular complexity index is 635. The second kappa shape index (κ2) is 7.64. The number of methoxy groups -OCH3 is 1. The van der Waals surface area contributed by atoms with Crippen LogP contribution in [0.5, 0.6) is 5.75 Å². The quantitative estimate of drug-likeness (QED) is 0.834. The van der Waals surface area contributed by atoms with Crippen molar-refractivity contribution >= 4 is 10.0 Å². The molecule has 2 rings (SSSR count). The van der Waals surface area contributed by atoms with Gasteiger partial charge in [-0.05, 0) is 68.0 Å². The average Bonchev–Trinajstić information content (AvgIpc) is 2.53. The minimum absolute atomic E-state index is 0.196. The molecule has 1 aliphatic heterocycles. The molecule has 0 amide bonds.